The maximum atomic E-state index is 14.5. The van der Waals surface area contributed by atoms with Gasteiger partial charge in [-0.1, -0.05) is 60.7 Å². The fourth-order valence-electron chi connectivity index (χ4n) is 5.96. The van der Waals surface area contributed by atoms with Crippen LogP contribution in [0.15, 0.2) is 81.9 Å². The zero-order valence-electron chi connectivity index (χ0n) is 26.1. The summed E-state index contributed by atoms with van der Waals surface area (Å²) in [6.45, 7) is 11.1. The Morgan fingerprint density at radius 2 is 1.64 bits per heavy atom. The van der Waals surface area contributed by atoms with Crippen molar-refractivity contribution in [2.24, 2.45) is 15.7 Å². The number of carbonyl (C=O) groups excluding carboxylic acids is 3. The van der Waals surface area contributed by atoms with Gasteiger partial charge in [-0.25, -0.2) is 14.8 Å². The summed E-state index contributed by atoms with van der Waals surface area (Å²) in [6.07, 6.45) is 2.50. The highest BCUT2D eigenvalue weighted by Crippen LogP contribution is 2.32. The van der Waals surface area contributed by atoms with Crippen molar-refractivity contribution in [1.29, 1.82) is 0 Å². The summed E-state index contributed by atoms with van der Waals surface area (Å²) in [7, 11) is 0. The molecule has 4 N–H and O–H groups in total. The molecular weight excluding hydrogens is 556 g/mol. The fourth-order valence-corrected chi connectivity index (χ4v) is 5.96. The van der Waals surface area contributed by atoms with Crippen LogP contribution in [0.5, 0.6) is 0 Å². The first-order chi connectivity index (χ1) is 21.0. The van der Waals surface area contributed by atoms with Crippen LogP contribution >= 0.6 is 0 Å². The molecular formula is C34H44N6O4. The van der Waals surface area contributed by atoms with Gasteiger partial charge in [0.05, 0.1) is 0 Å². The number of carbonyl (C=O) groups is 3. The van der Waals surface area contributed by atoms with Gasteiger partial charge in [0.25, 0.3) is 0 Å². The van der Waals surface area contributed by atoms with E-state index in [1.807, 2.05) is 67.6 Å². The topological polar surface area (TPSA) is 138 Å². The number of nitrogens with two attached hydrogens (primary N) is 1. The lowest BCUT2D eigenvalue weighted by atomic mass is 9.84. The van der Waals surface area contributed by atoms with Crippen molar-refractivity contribution in [2.45, 2.75) is 89.4 Å². The second-order valence-corrected chi connectivity index (χ2v) is 12.4. The predicted octanol–water partition coefficient (Wildman–Crippen LogP) is 4.66. The minimum atomic E-state index is -1.01. The quantitative estimate of drug-likeness (QED) is 0.299. The Labute approximate surface area is 259 Å². The number of amides is 3. The third-order valence-corrected chi connectivity index (χ3v) is 7.96. The second-order valence-electron chi connectivity index (χ2n) is 12.4. The van der Waals surface area contributed by atoms with Gasteiger partial charge in [0.1, 0.15) is 17.7 Å². The zero-order valence-corrected chi connectivity index (χ0v) is 26.1. The molecule has 0 spiro atoms. The molecule has 3 amide bonds. The van der Waals surface area contributed by atoms with E-state index < -0.39 is 29.7 Å². The van der Waals surface area contributed by atoms with E-state index in [9.17, 15) is 14.4 Å². The first-order valence-electron chi connectivity index (χ1n) is 15.2. The lowest BCUT2D eigenvalue weighted by molar-refractivity contribution is -0.140. The Morgan fingerprint density at radius 1 is 1.02 bits per heavy atom. The number of likely N-dealkylation sites (tertiary alicyclic amines) is 1. The number of hydrogen-bond acceptors (Lipinski definition) is 5. The van der Waals surface area contributed by atoms with Crippen LogP contribution in [0.1, 0.15) is 76.8 Å². The number of aliphatic imine (C=N–C) groups is 2. The van der Waals surface area contributed by atoms with Crippen molar-refractivity contribution in [2.75, 3.05) is 6.54 Å². The van der Waals surface area contributed by atoms with E-state index in [0.717, 1.165) is 22.4 Å². The molecule has 3 atom stereocenters. The third-order valence-electron chi connectivity index (χ3n) is 7.96. The summed E-state index contributed by atoms with van der Waals surface area (Å²) in [4.78, 5) is 50.9. The SMILES string of the molecule is C=NC(N)=NC1=C(C)CC(NC(=O)[C@@H]2CCCN2C(=O)[C@@H](NC(=O)OC(C)(C)C)C(c2ccccc2)c2ccccc2)CC1. The summed E-state index contributed by atoms with van der Waals surface area (Å²) in [6, 6.07) is 17.5. The Hall–Kier alpha value is -4.47. The summed E-state index contributed by atoms with van der Waals surface area (Å²) in [5.41, 5.74) is 8.60. The van der Waals surface area contributed by atoms with E-state index >= 15 is 0 Å². The van der Waals surface area contributed by atoms with Crippen LogP contribution in [0, 0.1) is 0 Å². The molecule has 1 unspecified atom stereocenters. The number of benzene rings is 2. The van der Waals surface area contributed by atoms with Gasteiger partial charge in [-0.15, -0.1) is 0 Å². The molecule has 44 heavy (non-hydrogen) atoms. The molecule has 2 aromatic rings. The number of guanidine groups is 1. The molecule has 0 aromatic heterocycles. The zero-order chi connectivity index (χ0) is 31.9. The normalized spacial score (nSPS) is 19.8. The van der Waals surface area contributed by atoms with Gasteiger partial charge in [0.15, 0.2) is 0 Å². The monoisotopic (exact) mass is 600 g/mol. The molecule has 0 saturated carbocycles. The van der Waals surface area contributed by atoms with Gasteiger partial charge >= 0.3 is 6.09 Å². The van der Waals surface area contributed by atoms with Gasteiger partial charge in [-0.2, -0.15) is 0 Å². The molecule has 2 aromatic carbocycles. The largest absolute Gasteiger partial charge is 0.444 e. The number of nitrogens with zero attached hydrogens (tertiary/aromatic N) is 3. The number of ether oxygens (including phenoxy) is 1. The molecule has 0 bridgehead atoms. The van der Waals surface area contributed by atoms with Crippen molar-refractivity contribution in [3.8, 4) is 0 Å². The highest BCUT2D eigenvalue weighted by atomic mass is 16.6. The van der Waals surface area contributed by atoms with E-state index in [-0.39, 0.29) is 23.8 Å². The second kappa shape index (κ2) is 14.3. The Morgan fingerprint density at radius 3 is 2.18 bits per heavy atom. The molecule has 1 saturated heterocycles. The Kier molecular flexibility index (Phi) is 10.6. The van der Waals surface area contributed by atoms with E-state index in [2.05, 4.69) is 27.3 Å². The van der Waals surface area contributed by atoms with Crippen molar-refractivity contribution in [3.63, 3.8) is 0 Å². The lowest BCUT2D eigenvalue weighted by Crippen LogP contribution is -2.56. The molecule has 10 heteroatoms. The highest BCUT2D eigenvalue weighted by molar-refractivity contribution is 5.93. The Balaban J connectivity index is 1.60. The first-order valence-corrected chi connectivity index (χ1v) is 15.2. The molecule has 1 fully saturated rings. The fraction of sp³-hybridized carbons (Fsp3) is 0.441. The van der Waals surface area contributed by atoms with Crippen LogP contribution in [0.4, 0.5) is 4.79 Å². The van der Waals surface area contributed by atoms with Gasteiger partial charge in [0.2, 0.25) is 17.8 Å². The van der Waals surface area contributed by atoms with Crippen molar-refractivity contribution < 1.29 is 19.1 Å². The number of hydrogen-bond donors (Lipinski definition) is 3. The molecule has 234 valence electrons. The third kappa shape index (κ3) is 8.33. The predicted molar refractivity (Wildman–Crippen MR) is 172 cm³/mol. The smallest absolute Gasteiger partial charge is 0.408 e. The molecule has 1 aliphatic heterocycles. The summed E-state index contributed by atoms with van der Waals surface area (Å²) in [5.74, 6) is -0.903. The Bertz CT molecular complexity index is 1360. The van der Waals surface area contributed by atoms with Gasteiger partial charge < -0.3 is 26.0 Å². The van der Waals surface area contributed by atoms with Crippen molar-refractivity contribution in [1.82, 2.24) is 15.5 Å². The number of rotatable bonds is 8. The lowest BCUT2D eigenvalue weighted by Gasteiger charge is -2.34. The van der Waals surface area contributed by atoms with Crippen LogP contribution in [-0.2, 0) is 14.3 Å². The van der Waals surface area contributed by atoms with Gasteiger partial charge in [-0.3, -0.25) is 9.59 Å². The van der Waals surface area contributed by atoms with E-state index in [0.29, 0.717) is 38.6 Å². The van der Waals surface area contributed by atoms with E-state index in [4.69, 9.17) is 10.5 Å². The first kappa shape index (κ1) is 32.4. The highest BCUT2D eigenvalue weighted by Gasteiger charge is 2.42. The van der Waals surface area contributed by atoms with Crippen LogP contribution in [0.2, 0.25) is 0 Å². The molecule has 1 aliphatic carbocycles. The van der Waals surface area contributed by atoms with Crippen LogP contribution in [0.3, 0.4) is 0 Å². The number of allylic oxidation sites excluding steroid dienone is 1. The maximum Gasteiger partial charge on any atom is 0.408 e. The average Bonchev–Trinajstić information content (AvgIpc) is 3.48. The molecule has 1 heterocycles. The molecule has 4 rings (SSSR count). The minimum Gasteiger partial charge on any atom is -0.444 e. The van der Waals surface area contributed by atoms with Crippen molar-refractivity contribution >= 4 is 30.6 Å². The van der Waals surface area contributed by atoms with Gasteiger partial charge in [0, 0.05) is 24.2 Å². The standard InChI is InChI=1S/C34H44N6O4/c1-22-21-25(18-19-26(22)38-32(35)36-5)37-30(41)27-17-12-20-40(27)31(42)29(39-33(43)44-34(2,3)4)28(23-13-8-6-9-14-23)24-15-10-7-11-16-24/h6-11,13-16,25,27-29H,5,12,17-21H2,1-4H3,(H2,35,38)(H,37,41)(H,39,43)/t25?,27-,29-/m0/s1. The van der Waals surface area contributed by atoms with Crippen LogP contribution < -0.4 is 16.4 Å². The van der Waals surface area contributed by atoms with E-state index in [1.54, 1.807) is 25.7 Å². The van der Waals surface area contributed by atoms with Crippen molar-refractivity contribution in [3.05, 3.63) is 83.1 Å². The molecule has 0 radical (unpaired) electrons. The molecule has 2 aliphatic rings. The van der Waals surface area contributed by atoms with Crippen LogP contribution in [0.25, 0.3) is 0 Å². The number of nitrogens with one attached hydrogen (secondary N) is 2. The van der Waals surface area contributed by atoms with Crippen LogP contribution in [-0.4, -0.2) is 65.8 Å². The summed E-state index contributed by atoms with van der Waals surface area (Å²) < 4.78 is 5.60. The average molecular weight is 601 g/mol. The summed E-state index contributed by atoms with van der Waals surface area (Å²) in [5, 5.41) is 6.07. The van der Waals surface area contributed by atoms with E-state index in [1.165, 1.54) is 0 Å². The maximum absolute atomic E-state index is 14.5. The number of alkyl carbamates (subject to hydrolysis) is 1. The molecule has 10 nitrogen and oxygen atoms in total. The minimum absolute atomic E-state index is 0.0889. The summed E-state index contributed by atoms with van der Waals surface area (Å²) >= 11 is 0. The van der Waals surface area contributed by atoms with Gasteiger partial charge in [-0.05, 0) is 83.2 Å².